The average molecular weight is 401 g/mol. The van der Waals surface area contributed by atoms with Gasteiger partial charge in [0.05, 0.1) is 11.6 Å². The Bertz CT molecular complexity index is 981. The Labute approximate surface area is 167 Å². The van der Waals surface area contributed by atoms with Crippen molar-refractivity contribution < 1.29 is 13.9 Å². The molecule has 28 heavy (non-hydrogen) atoms. The molecule has 0 aliphatic carbocycles. The lowest BCUT2D eigenvalue weighted by molar-refractivity contribution is 0.0940. The second-order valence-electron chi connectivity index (χ2n) is 6.85. The summed E-state index contributed by atoms with van der Waals surface area (Å²) in [6.45, 7) is 1.74. The number of halogens is 2. The van der Waals surface area contributed by atoms with Crippen LogP contribution in [0.2, 0.25) is 5.02 Å². The topological polar surface area (TPSA) is 46.8 Å². The lowest BCUT2D eigenvalue weighted by Crippen LogP contribution is -2.27. The zero-order valence-electron chi connectivity index (χ0n) is 15.4. The van der Waals surface area contributed by atoms with Crippen molar-refractivity contribution in [3.63, 3.8) is 0 Å². The van der Waals surface area contributed by atoms with Gasteiger partial charge in [0.2, 0.25) is 0 Å². The quantitative estimate of drug-likeness (QED) is 0.555. The zero-order valence-corrected chi connectivity index (χ0v) is 16.2. The van der Waals surface area contributed by atoms with Crippen LogP contribution in [-0.4, -0.2) is 53.0 Å². The van der Waals surface area contributed by atoms with Crippen molar-refractivity contribution in [1.82, 2.24) is 14.3 Å². The molecule has 3 aromatic rings. The van der Waals surface area contributed by atoms with Crippen LogP contribution in [0.15, 0.2) is 42.6 Å². The summed E-state index contributed by atoms with van der Waals surface area (Å²) < 4.78 is 19.4. The van der Waals surface area contributed by atoms with Gasteiger partial charge in [-0.3, -0.25) is 14.1 Å². The fraction of sp³-hybridized carbons (Fsp3) is 0.333. The Morgan fingerprint density at radius 1 is 1.14 bits per heavy atom. The minimum Gasteiger partial charge on any atom is -0.491 e. The highest BCUT2D eigenvalue weighted by molar-refractivity contribution is 6.30. The van der Waals surface area contributed by atoms with Crippen LogP contribution >= 0.6 is 11.6 Å². The minimum absolute atomic E-state index is 0.0180. The number of Topliss-reactive ketones (excluding diaryl/α,β-unsaturated/α-hetero) is 1. The van der Waals surface area contributed by atoms with Crippen LogP contribution in [0.5, 0.6) is 5.75 Å². The predicted molar refractivity (Wildman–Crippen MR) is 107 cm³/mol. The number of rotatable bonds is 7. The first kappa shape index (κ1) is 18.9. The molecular formula is C21H21ClFN3O2. The molecule has 1 aromatic carbocycles. The lowest BCUT2D eigenvalue weighted by Gasteiger charge is -2.14. The van der Waals surface area contributed by atoms with E-state index in [-0.39, 0.29) is 12.4 Å². The van der Waals surface area contributed by atoms with Gasteiger partial charge in [-0.25, -0.2) is 9.37 Å². The number of hydrogen-bond donors (Lipinski definition) is 0. The van der Waals surface area contributed by atoms with Gasteiger partial charge < -0.3 is 4.74 Å². The molecule has 1 aliphatic heterocycles. The summed E-state index contributed by atoms with van der Waals surface area (Å²) in [6.07, 6.45) is 3.97. The van der Waals surface area contributed by atoms with Gasteiger partial charge in [0.25, 0.3) is 0 Å². The fourth-order valence-corrected chi connectivity index (χ4v) is 3.73. The van der Waals surface area contributed by atoms with Crippen LogP contribution < -0.4 is 4.74 Å². The molecular weight excluding hydrogens is 380 g/mol. The van der Waals surface area contributed by atoms with E-state index in [2.05, 4.69) is 9.88 Å². The molecule has 0 N–H and O–H groups in total. The Morgan fingerprint density at radius 2 is 1.89 bits per heavy atom. The zero-order chi connectivity index (χ0) is 19.5. The van der Waals surface area contributed by atoms with Crippen molar-refractivity contribution in [2.24, 2.45) is 0 Å². The number of carbonyl (C=O) groups excluding carboxylic acids is 1. The van der Waals surface area contributed by atoms with Crippen molar-refractivity contribution in [3.05, 3.63) is 53.3 Å². The number of aromatic nitrogens is 2. The van der Waals surface area contributed by atoms with E-state index in [1.807, 2.05) is 12.1 Å². The SMILES string of the molecule is O=C(CN1CCCC1)c1c(-c2ccc(OCC[18F])cc2)nc2ccc(Cl)cn12. The number of benzene rings is 1. The molecule has 0 saturated carbocycles. The first-order valence-corrected chi connectivity index (χ1v) is 9.76. The third kappa shape index (κ3) is 3.88. The Kier molecular flexibility index (Phi) is 5.59. The number of imidazole rings is 1. The van der Waals surface area contributed by atoms with E-state index in [9.17, 15) is 9.18 Å². The molecule has 146 valence electrons. The van der Waals surface area contributed by atoms with Crippen LogP contribution in [0.25, 0.3) is 16.9 Å². The third-order valence-electron chi connectivity index (χ3n) is 4.89. The van der Waals surface area contributed by atoms with Gasteiger partial charge in [-0.05, 0) is 62.3 Å². The first-order valence-electron chi connectivity index (χ1n) is 9.38. The number of ether oxygens (including phenoxy) is 1. The summed E-state index contributed by atoms with van der Waals surface area (Å²) in [5.74, 6) is 0.600. The number of alkyl halides is 1. The molecule has 4 rings (SSSR count). The number of nitrogens with zero attached hydrogens (tertiary/aromatic N) is 3. The first-order chi connectivity index (χ1) is 13.7. The van der Waals surface area contributed by atoms with Gasteiger partial charge in [-0.1, -0.05) is 11.6 Å². The van der Waals surface area contributed by atoms with E-state index in [0.29, 0.717) is 34.4 Å². The Morgan fingerprint density at radius 3 is 2.61 bits per heavy atom. The van der Waals surface area contributed by atoms with E-state index >= 15 is 0 Å². The van der Waals surface area contributed by atoms with Crippen LogP contribution in [-0.2, 0) is 0 Å². The fourth-order valence-electron chi connectivity index (χ4n) is 3.57. The minimum atomic E-state index is -0.538. The second kappa shape index (κ2) is 8.29. The number of ketones is 1. The smallest absolute Gasteiger partial charge is 0.195 e. The molecule has 7 heteroatoms. The molecule has 0 bridgehead atoms. The normalized spacial score (nSPS) is 14.6. The summed E-state index contributed by atoms with van der Waals surface area (Å²) >= 11 is 6.17. The number of hydrogen-bond acceptors (Lipinski definition) is 4. The largest absolute Gasteiger partial charge is 0.491 e. The summed E-state index contributed by atoms with van der Waals surface area (Å²) in [6, 6.07) is 10.8. The van der Waals surface area contributed by atoms with Gasteiger partial charge in [0, 0.05) is 11.8 Å². The van der Waals surface area contributed by atoms with E-state index < -0.39 is 6.67 Å². The van der Waals surface area contributed by atoms with Crippen LogP contribution in [0, 0.1) is 0 Å². The standard InChI is InChI=1S/C21H21ClFN3O2/c22-16-5-8-19-24-20(15-3-6-17(7-4-15)28-12-9-23)21(26(19)13-16)18(27)14-25-10-1-2-11-25/h3-8,13H,1-2,9-12,14H2/i23-1. The average Bonchev–Trinajstić information content (AvgIpc) is 3.34. The lowest BCUT2D eigenvalue weighted by atomic mass is 10.1. The monoisotopic (exact) mass is 400 g/mol. The molecule has 1 saturated heterocycles. The highest BCUT2D eigenvalue weighted by Crippen LogP contribution is 2.28. The third-order valence-corrected chi connectivity index (χ3v) is 5.11. The van der Waals surface area contributed by atoms with Gasteiger partial charge >= 0.3 is 0 Å². The van der Waals surface area contributed by atoms with Gasteiger partial charge in [-0.15, -0.1) is 0 Å². The van der Waals surface area contributed by atoms with Gasteiger partial charge in [0.15, 0.2) is 5.78 Å². The summed E-state index contributed by atoms with van der Waals surface area (Å²) in [5, 5.41) is 0.543. The van der Waals surface area contributed by atoms with Crippen LogP contribution in [0.4, 0.5) is 4.39 Å². The Balaban J connectivity index is 1.73. The van der Waals surface area contributed by atoms with E-state index in [1.165, 1.54) is 0 Å². The second-order valence-corrected chi connectivity index (χ2v) is 7.29. The van der Waals surface area contributed by atoms with Crippen molar-refractivity contribution in [1.29, 1.82) is 0 Å². The summed E-state index contributed by atoms with van der Waals surface area (Å²) in [4.78, 5) is 20.0. The van der Waals surface area contributed by atoms with E-state index in [0.717, 1.165) is 31.5 Å². The Hall–Kier alpha value is -2.44. The van der Waals surface area contributed by atoms with Crippen LogP contribution in [0.3, 0.4) is 0 Å². The molecule has 1 fully saturated rings. The predicted octanol–water partition coefficient (Wildman–Crippen LogP) is 4.28. The molecule has 0 spiro atoms. The maximum absolute atomic E-state index is 13.2. The van der Waals surface area contributed by atoms with Crippen LogP contribution in [0.1, 0.15) is 23.3 Å². The van der Waals surface area contributed by atoms with Crippen molar-refractivity contribution in [2.45, 2.75) is 12.8 Å². The number of carbonyl (C=O) groups is 1. The summed E-state index contributed by atoms with van der Waals surface area (Å²) in [5.41, 5.74) is 2.62. The molecule has 0 radical (unpaired) electrons. The highest BCUT2D eigenvalue weighted by atomic mass is 35.5. The molecule has 3 heterocycles. The molecule has 2 aromatic heterocycles. The van der Waals surface area contributed by atoms with Gasteiger partial charge in [0.1, 0.15) is 36.1 Å². The van der Waals surface area contributed by atoms with Crippen molar-refractivity contribution >= 4 is 23.0 Å². The van der Waals surface area contributed by atoms with Crippen molar-refractivity contribution in [3.8, 4) is 17.0 Å². The number of likely N-dealkylation sites (tertiary alicyclic amines) is 1. The van der Waals surface area contributed by atoms with Crippen molar-refractivity contribution in [2.75, 3.05) is 32.9 Å². The maximum Gasteiger partial charge on any atom is 0.195 e. The highest BCUT2D eigenvalue weighted by Gasteiger charge is 2.24. The molecule has 0 atom stereocenters. The van der Waals surface area contributed by atoms with Gasteiger partial charge in [-0.2, -0.15) is 0 Å². The molecule has 5 nitrogen and oxygen atoms in total. The number of pyridine rings is 1. The van der Waals surface area contributed by atoms with E-state index in [1.54, 1.807) is 34.9 Å². The number of fused-ring (bicyclic) bond motifs is 1. The van der Waals surface area contributed by atoms with E-state index in [4.69, 9.17) is 16.3 Å². The summed E-state index contributed by atoms with van der Waals surface area (Å²) in [7, 11) is 0. The molecule has 0 unspecified atom stereocenters. The maximum atomic E-state index is 13.2. The molecule has 1 aliphatic rings. The molecule has 0 amide bonds.